The topological polar surface area (TPSA) is 78.9 Å². The quantitative estimate of drug-likeness (QED) is 0.456. The van der Waals surface area contributed by atoms with E-state index in [0.29, 0.717) is 34.1 Å². The molecule has 0 spiro atoms. The summed E-state index contributed by atoms with van der Waals surface area (Å²) in [6.45, 7) is 0. The minimum Gasteiger partial charge on any atom is -0.497 e. The summed E-state index contributed by atoms with van der Waals surface area (Å²) in [4.78, 5) is 0. The molecule has 0 aliphatic heterocycles. The summed E-state index contributed by atoms with van der Waals surface area (Å²) in [5.41, 5.74) is 1.22. The molecule has 0 bridgehead atoms. The Hall–Kier alpha value is -3.20. The molecular formula is C19H16FN5O2S. The van der Waals surface area contributed by atoms with Crippen LogP contribution in [0.1, 0.15) is 5.89 Å². The smallest absolute Gasteiger partial charge is 0.247 e. The van der Waals surface area contributed by atoms with E-state index in [0.717, 1.165) is 11.3 Å². The molecule has 7 nitrogen and oxygen atoms in total. The van der Waals surface area contributed by atoms with Crippen molar-refractivity contribution < 1.29 is 13.5 Å². The number of rotatable bonds is 6. The van der Waals surface area contributed by atoms with Crippen LogP contribution >= 0.6 is 11.8 Å². The second-order valence-electron chi connectivity index (χ2n) is 5.86. The van der Waals surface area contributed by atoms with Gasteiger partial charge < -0.3 is 13.7 Å². The molecule has 142 valence electrons. The van der Waals surface area contributed by atoms with Crippen LogP contribution in [-0.4, -0.2) is 32.1 Å². The lowest BCUT2D eigenvalue weighted by Gasteiger charge is -2.03. The molecule has 4 rings (SSSR count). The molecule has 0 aliphatic carbocycles. The number of halogens is 1. The Kier molecular flexibility index (Phi) is 5.07. The van der Waals surface area contributed by atoms with Gasteiger partial charge in [-0.25, -0.2) is 4.39 Å². The lowest BCUT2D eigenvalue weighted by molar-refractivity contribution is 0.415. The van der Waals surface area contributed by atoms with Gasteiger partial charge in [0.05, 0.1) is 18.4 Å². The Balaban J connectivity index is 1.47. The van der Waals surface area contributed by atoms with Crippen molar-refractivity contribution in [3.8, 4) is 28.6 Å². The van der Waals surface area contributed by atoms with Gasteiger partial charge in [0, 0.05) is 12.6 Å². The summed E-state index contributed by atoms with van der Waals surface area (Å²) in [7, 11) is 3.40. The van der Waals surface area contributed by atoms with E-state index in [9.17, 15) is 4.39 Å². The molecule has 4 aromatic rings. The van der Waals surface area contributed by atoms with Gasteiger partial charge in [0.1, 0.15) is 11.6 Å². The average Bonchev–Trinajstić information content (AvgIpc) is 3.34. The van der Waals surface area contributed by atoms with E-state index < -0.39 is 0 Å². The van der Waals surface area contributed by atoms with Crippen molar-refractivity contribution in [3.63, 3.8) is 0 Å². The maximum Gasteiger partial charge on any atom is 0.247 e. The molecule has 2 aromatic carbocycles. The van der Waals surface area contributed by atoms with Gasteiger partial charge in [-0.2, -0.15) is 0 Å². The molecule has 9 heteroatoms. The van der Waals surface area contributed by atoms with Crippen LogP contribution in [0.2, 0.25) is 0 Å². The summed E-state index contributed by atoms with van der Waals surface area (Å²) in [5.74, 6) is 2.20. The number of hydrogen-bond donors (Lipinski definition) is 0. The van der Waals surface area contributed by atoms with E-state index in [1.54, 1.807) is 36.9 Å². The van der Waals surface area contributed by atoms with E-state index in [4.69, 9.17) is 9.15 Å². The van der Waals surface area contributed by atoms with Gasteiger partial charge >= 0.3 is 0 Å². The molecule has 0 aliphatic rings. The predicted molar refractivity (Wildman–Crippen MR) is 102 cm³/mol. The van der Waals surface area contributed by atoms with Gasteiger partial charge in [-0.3, -0.25) is 0 Å². The van der Waals surface area contributed by atoms with Crippen LogP contribution < -0.4 is 4.74 Å². The predicted octanol–water partition coefficient (Wildman–Crippen LogP) is 3.97. The third-order valence-corrected chi connectivity index (χ3v) is 5.08. The van der Waals surface area contributed by atoms with Gasteiger partial charge in [0.25, 0.3) is 0 Å². The number of hydrogen-bond acceptors (Lipinski definition) is 7. The Morgan fingerprint density at radius 3 is 2.57 bits per heavy atom. The largest absolute Gasteiger partial charge is 0.497 e. The van der Waals surface area contributed by atoms with Gasteiger partial charge in [-0.1, -0.05) is 23.9 Å². The fourth-order valence-electron chi connectivity index (χ4n) is 2.61. The van der Waals surface area contributed by atoms with E-state index >= 15 is 0 Å². The van der Waals surface area contributed by atoms with Gasteiger partial charge in [0.15, 0.2) is 11.0 Å². The third-order valence-electron chi connectivity index (χ3n) is 4.08. The first-order valence-corrected chi connectivity index (χ1v) is 9.38. The average molecular weight is 397 g/mol. The molecule has 0 unspecified atom stereocenters. The maximum atomic E-state index is 14.0. The zero-order valence-electron chi connectivity index (χ0n) is 15.2. The van der Waals surface area contributed by atoms with Crippen molar-refractivity contribution in [3.05, 3.63) is 60.2 Å². The number of benzene rings is 2. The van der Waals surface area contributed by atoms with Crippen LogP contribution in [0.4, 0.5) is 4.39 Å². The third kappa shape index (κ3) is 3.61. The van der Waals surface area contributed by atoms with Gasteiger partial charge in [-0.05, 0) is 36.4 Å². The van der Waals surface area contributed by atoms with Crippen molar-refractivity contribution in [1.29, 1.82) is 0 Å². The maximum absolute atomic E-state index is 14.0. The zero-order valence-corrected chi connectivity index (χ0v) is 16.0. The van der Waals surface area contributed by atoms with Crippen molar-refractivity contribution in [2.24, 2.45) is 7.05 Å². The summed E-state index contributed by atoms with van der Waals surface area (Å²) < 4.78 is 26.6. The number of ether oxygens (including phenoxy) is 1. The normalized spacial score (nSPS) is 11.0. The van der Waals surface area contributed by atoms with Crippen LogP contribution in [0.5, 0.6) is 5.75 Å². The molecule has 0 N–H and O–H groups in total. The second kappa shape index (κ2) is 7.81. The second-order valence-corrected chi connectivity index (χ2v) is 6.81. The fraction of sp³-hybridized carbons (Fsp3) is 0.158. The fourth-order valence-corrected chi connectivity index (χ4v) is 3.35. The van der Waals surface area contributed by atoms with Crippen LogP contribution in [0.25, 0.3) is 22.8 Å². The molecule has 0 saturated carbocycles. The standard InChI is InChI=1S/C19H16FN5O2S/c1-25-17(14-5-3-4-6-15(14)20)22-24-19(25)28-11-16-21-23-18(27-16)12-7-9-13(26-2)10-8-12/h3-10H,11H2,1-2H3. The zero-order chi connectivity index (χ0) is 19.5. The van der Waals surface area contributed by atoms with E-state index in [2.05, 4.69) is 20.4 Å². The first kappa shape index (κ1) is 18.2. The van der Waals surface area contributed by atoms with Crippen LogP contribution in [0.15, 0.2) is 58.1 Å². The van der Waals surface area contributed by atoms with Crippen LogP contribution in [-0.2, 0) is 12.8 Å². The minimum absolute atomic E-state index is 0.337. The summed E-state index contributed by atoms with van der Waals surface area (Å²) in [5, 5.41) is 17.0. The Labute approximate surface area is 164 Å². The summed E-state index contributed by atoms with van der Waals surface area (Å²) >= 11 is 1.39. The Morgan fingerprint density at radius 2 is 1.82 bits per heavy atom. The summed E-state index contributed by atoms with van der Waals surface area (Å²) in [6.07, 6.45) is 0. The molecular weight excluding hydrogens is 381 g/mol. The van der Waals surface area contributed by atoms with Gasteiger partial charge in [-0.15, -0.1) is 20.4 Å². The number of methoxy groups -OCH3 is 1. The molecule has 2 heterocycles. The van der Waals surface area contributed by atoms with E-state index in [-0.39, 0.29) is 5.82 Å². The molecule has 0 saturated heterocycles. The molecule has 0 amide bonds. The Bertz CT molecular complexity index is 1090. The monoisotopic (exact) mass is 397 g/mol. The van der Waals surface area contributed by atoms with Crippen molar-refractivity contribution in [2.45, 2.75) is 10.9 Å². The molecule has 0 radical (unpaired) electrons. The highest BCUT2D eigenvalue weighted by Crippen LogP contribution is 2.27. The van der Waals surface area contributed by atoms with Gasteiger partial charge in [0.2, 0.25) is 11.8 Å². The van der Waals surface area contributed by atoms with Crippen molar-refractivity contribution in [2.75, 3.05) is 7.11 Å². The van der Waals surface area contributed by atoms with Crippen LogP contribution in [0.3, 0.4) is 0 Å². The van der Waals surface area contributed by atoms with E-state index in [1.165, 1.54) is 17.8 Å². The first-order valence-electron chi connectivity index (χ1n) is 8.39. The first-order chi connectivity index (χ1) is 13.7. The molecule has 28 heavy (non-hydrogen) atoms. The SMILES string of the molecule is COc1ccc(-c2nnc(CSc3nnc(-c4ccccc4F)n3C)o2)cc1. The molecule has 0 atom stereocenters. The lowest BCUT2D eigenvalue weighted by atomic mass is 10.2. The van der Waals surface area contributed by atoms with Crippen molar-refractivity contribution in [1.82, 2.24) is 25.0 Å². The van der Waals surface area contributed by atoms with Crippen molar-refractivity contribution >= 4 is 11.8 Å². The Morgan fingerprint density at radius 1 is 1.04 bits per heavy atom. The number of thioether (sulfide) groups is 1. The minimum atomic E-state index is -0.337. The highest BCUT2D eigenvalue weighted by Gasteiger charge is 2.16. The van der Waals surface area contributed by atoms with E-state index in [1.807, 2.05) is 24.3 Å². The summed E-state index contributed by atoms with van der Waals surface area (Å²) in [6, 6.07) is 13.8. The number of aromatic nitrogens is 5. The highest BCUT2D eigenvalue weighted by atomic mass is 32.2. The molecule has 0 fully saturated rings. The lowest BCUT2D eigenvalue weighted by Crippen LogP contribution is -1.96. The van der Waals surface area contributed by atoms with Crippen LogP contribution in [0, 0.1) is 5.82 Å². The number of nitrogens with zero attached hydrogens (tertiary/aromatic N) is 5. The molecule has 2 aromatic heterocycles. The highest BCUT2D eigenvalue weighted by molar-refractivity contribution is 7.98.